The average molecular weight is 504 g/mol. The molecule has 0 bridgehead atoms. The van der Waals surface area contributed by atoms with E-state index in [0.717, 1.165) is 12.7 Å². The van der Waals surface area contributed by atoms with E-state index in [-0.39, 0.29) is 18.7 Å². The number of aliphatic carboxylic acids is 1. The maximum Gasteiger partial charge on any atom is 0.407 e. The molecule has 9 nitrogen and oxygen atoms in total. The number of carbonyl (C=O) groups excluding carboxylic acids is 2. The molecule has 1 unspecified atom stereocenters. The van der Waals surface area contributed by atoms with Crippen molar-refractivity contribution in [2.75, 3.05) is 7.11 Å². The Morgan fingerprint density at radius 3 is 2.49 bits per heavy atom. The fourth-order valence-electron chi connectivity index (χ4n) is 3.43. The highest BCUT2D eigenvalue weighted by atomic mass is 35.5. The van der Waals surface area contributed by atoms with Gasteiger partial charge < -0.3 is 24.9 Å². The van der Waals surface area contributed by atoms with E-state index in [2.05, 4.69) is 20.4 Å². The van der Waals surface area contributed by atoms with Crippen LogP contribution in [-0.2, 0) is 16.0 Å². The van der Waals surface area contributed by atoms with Gasteiger partial charge in [0.1, 0.15) is 17.6 Å². The van der Waals surface area contributed by atoms with Gasteiger partial charge in [0, 0.05) is 16.6 Å². The minimum absolute atomic E-state index is 0.152. The smallest absolute Gasteiger partial charge is 0.407 e. The molecule has 1 aromatic heterocycles. The van der Waals surface area contributed by atoms with E-state index in [1.165, 1.54) is 24.4 Å². The normalized spacial score (nSPS) is 12.5. The zero-order chi connectivity index (χ0) is 25.5. The first kappa shape index (κ1) is 25.7. The van der Waals surface area contributed by atoms with Crippen molar-refractivity contribution < 1.29 is 33.0 Å². The molecule has 11 heteroatoms. The molecule has 1 heterocycles. The number of carbonyl (C=O) groups is 3. The van der Waals surface area contributed by atoms with E-state index >= 15 is 0 Å². The summed E-state index contributed by atoms with van der Waals surface area (Å²) in [7, 11) is 1.11. The molecule has 0 radical (unpaired) electrons. The number of aryl methyl sites for hydroxylation is 1. The van der Waals surface area contributed by atoms with Crippen molar-refractivity contribution in [1.82, 2.24) is 15.6 Å². The van der Waals surface area contributed by atoms with Gasteiger partial charge in [-0.3, -0.25) is 4.79 Å². The lowest BCUT2D eigenvalue weighted by molar-refractivity contribution is -0.139. The summed E-state index contributed by atoms with van der Waals surface area (Å²) < 4.78 is 23.9. The summed E-state index contributed by atoms with van der Waals surface area (Å²) in [5.74, 6) is -2.10. The number of ether oxygens (including phenoxy) is 1. The number of benzene rings is 2. The number of methoxy groups -OCH3 is 1. The summed E-state index contributed by atoms with van der Waals surface area (Å²) >= 11 is 5.98. The van der Waals surface area contributed by atoms with Crippen molar-refractivity contribution in [3.05, 3.63) is 76.7 Å². The van der Waals surface area contributed by atoms with Crippen LogP contribution < -0.4 is 10.6 Å². The topological polar surface area (TPSA) is 131 Å². The number of nitrogens with one attached hydrogen (secondary N) is 2. The quantitative estimate of drug-likeness (QED) is 0.402. The van der Waals surface area contributed by atoms with E-state index in [4.69, 9.17) is 16.0 Å². The van der Waals surface area contributed by atoms with Gasteiger partial charge in [0.2, 0.25) is 0 Å². The highest BCUT2D eigenvalue weighted by Gasteiger charge is 2.27. The molecular weight excluding hydrogens is 481 g/mol. The van der Waals surface area contributed by atoms with Gasteiger partial charge in [-0.1, -0.05) is 35.9 Å². The van der Waals surface area contributed by atoms with Crippen molar-refractivity contribution in [2.24, 2.45) is 0 Å². The maximum atomic E-state index is 14.2. The van der Waals surface area contributed by atoms with Crippen LogP contribution >= 0.6 is 11.6 Å². The van der Waals surface area contributed by atoms with Crippen LogP contribution in [0.1, 0.15) is 28.4 Å². The first-order chi connectivity index (χ1) is 16.7. The minimum Gasteiger partial charge on any atom is -0.480 e. The molecule has 3 N–H and O–H groups in total. The lowest BCUT2D eigenvalue weighted by atomic mass is 9.97. The Morgan fingerprint density at radius 1 is 1.17 bits per heavy atom. The number of aromatic nitrogens is 1. The molecular formula is C24H23ClFN3O6. The summed E-state index contributed by atoms with van der Waals surface area (Å²) in [5.41, 5.74) is 1.66. The molecule has 184 valence electrons. The van der Waals surface area contributed by atoms with Crippen LogP contribution in [0.5, 0.6) is 0 Å². The molecule has 2 atom stereocenters. The molecule has 3 rings (SSSR count). The van der Waals surface area contributed by atoms with Crippen LogP contribution in [0.2, 0.25) is 5.02 Å². The summed E-state index contributed by atoms with van der Waals surface area (Å²) in [5, 5.41) is 14.9. The number of halogens is 2. The number of carboxylic acids is 1. The molecule has 0 spiro atoms. The van der Waals surface area contributed by atoms with Gasteiger partial charge in [0.05, 0.1) is 13.3 Å². The number of oxazole rings is 1. The number of carboxylic acid groups (broad SMARTS) is 1. The van der Waals surface area contributed by atoms with E-state index in [1.807, 2.05) is 0 Å². The van der Waals surface area contributed by atoms with Gasteiger partial charge in [-0.15, -0.1) is 0 Å². The number of alkyl carbamates (subject to hydrolysis) is 1. The van der Waals surface area contributed by atoms with Gasteiger partial charge in [0.25, 0.3) is 5.89 Å². The van der Waals surface area contributed by atoms with Crippen molar-refractivity contribution in [3.8, 4) is 11.1 Å². The lowest BCUT2D eigenvalue weighted by Gasteiger charge is -2.22. The predicted molar refractivity (Wildman–Crippen MR) is 125 cm³/mol. The lowest BCUT2D eigenvalue weighted by Crippen LogP contribution is -2.47. The fraction of sp³-hybridized carbons (Fsp3) is 0.250. The monoisotopic (exact) mass is 503 g/mol. The van der Waals surface area contributed by atoms with Crippen molar-refractivity contribution >= 4 is 29.6 Å². The maximum absolute atomic E-state index is 14.2. The molecule has 2 amide bonds. The molecule has 0 aliphatic carbocycles. The molecule has 0 saturated heterocycles. The molecule has 0 aliphatic heterocycles. The largest absolute Gasteiger partial charge is 0.480 e. The Morgan fingerprint density at radius 2 is 1.89 bits per heavy atom. The number of rotatable bonds is 9. The Balaban J connectivity index is 1.82. The van der Waals surface area contributed by atoms with Crippen LogP contribution in [0.15, 0.2) is 53.1 Å². The highest BCUT2D eigenvalue weighted by Crippen LogP contribution is 2.26. The fourth-order valence-corrected chi connectivity index (χ4v) is 3.60. The minimum atomic E-state index is -1.33. The number of amides is 2. The van der Waals surface area contributed by atoms with Crippen molar-refractivity contribution in [1.29, 1.82) is 0 Å². The Kier molecular flexibility index (Phi) is 8.43. The summed E-state index contributed by atoms with van der Waals surface area (Å²) in [4.78, 5) is 39.8. The van der Waals surface area contributed by atoms with Crippen LogP contribution in [0.4, 0.5) is 9.18 Å². The van der Waals surface area contributed by atoms with E-state index in [0.29, 0.717) is 21.9 Å². The van der Waals surface area contributed by atoms with Crippen molar-refractivity contribution in [2.45, 2.75) is 31.8 Å². The second-order valence-corrected chi connectivity index (χ2v) is 8.17. The average Bonchev–Trinajstić information content (AvgIpc) is 3.27. The van der Waals surface area contributed by atoms with Crippen LogP contribution in [0.25, 0.3) is 11.1 Å². The van der Waals surface area contributed by atoms with E-state index in [1.54, 1.807) is 31.2 Å². The SMILES string of the molecule is COC(=O)N[C@H](CC(Cc1ccc(-c2cc(Cl)ccc2F)cc1)NC(=O)c1ncc(C)o1)C(=O)O. The van der Waals surface area contributed by atoms with Crippen LogP contribution in [0, 0.1) is 12.7 Å². The summed E-state index contributed by atoms with van der Waals surface area (Å²) in [6.45, 7) is 1.63. The molecule has 3 aromatic rings. The van der Waals surface area contributed by atoms with Crippen molar-refractivity contribution in [3.63, 3.8) is 0 Å². The molecule has 35 heavy (non-hydrogen) atoms. The first-order valence-electron chi connectivity index (χ1n) is 10.5. The standard InChI is InChI=1S/C24H23ClFN3O6/c1-13-12-27-22(35-13)21(30)28-17(11-20(23(31)32)29-24(33)34-2)9-14-3-5-15(6-4-14)18-10-16(25)7-8-19(18)26/h3-8,10,12,17,20H,9,11H2,1-2H3,(H,28,30)(H,29,33)(H,31,32)/t17?,20-/m1/s1. The van der Waals surface area contributed by atoms with Gasteiger partial charge in [-0.25, -0.2) is 19.0 Å². The third-order valence-corrected chi connectivity index (χ3v) is 5.36. The van der Waals surface area contributed by atoms with Gasteiger partial charge >= 0.3 is 18.0 Å². The van der Waals surface area contributed by atoms with E-state index in [9.17, 15) is 23.9 Å². The highest BCUT2D eigenvalue weighted by molar-refractivity contribution is 6.30. The molecule has 0 saturated carbocycles. The first-order valence-corrected chi connectivity index (χ1v) is 10.9. The van der Waals surface area contributed by atoms with Gasteiger partial charge in [0.15, 0.2) is 0 Å². The summed E-state index contributed by atoms with van der Waals surface area (Å²) in [6, 6.07) is 9.04. The van der Waals surface area contributed by atoms with Gasteiger partial charge in [-0.05, 0) is 49.1 Å². The molecule has 0 fully saturated rings. The second-order valence-electron chi connectivity index (χ2n) is 7.73. The van der Waals surface area contributed by atoms with Crippen LogP contribution in [-0.4, -0.2) is 47.3 Å². The zero-order valence-electron chi connectivity index (χ0n) is 18.9. The number of nitrogens with zero attached hydrogens (tertiary/aromatic N) is 1. The Labute approximate surface area is 205 Å². The Hall–Kier alpha value is -3.92. The third kappa shape index (κ3) is 7.03. The number of hydrogen-bond acceptors (Lipinski definition) is 6. The molecule has 2 aromatic carbocycles. The Bertz CT molecular complexity index is 1210. The predicted octanol–water partition coefficient (Wildman–Crippen LogP) is 3.98. The second kappa shape index (κ2) is 11.5. The number of hydrogen-bond donors (Lipinski definition) is 3. The summed E-state index contributed by atoms with van der Waals surface area (Å²) in [6.07, 6.45) is 0.520. The van der Waals surface area contributed by atoms with E-state index < -0.39 is 35.9 Å². The zero-order valence-corrected chi connectivity index (χ0v) is 19.6. The van der Waals surface area contributed by atoms with Gasteiger partial charge in [-0.2, -0.15) is 0 Å². The third-order valence-electron chi connectivity index (χ3n) is 5.12. The van der Waals surface area contributed by atoms with Crippen LogP contribution in [0.3, 0.4) is 0 Å². The molecule has 0 aliphatic rings.